The molecule has 7 heteroatoms. The Kier molecular flexibility index (Phi) is 5.10. The number of imidazole rings is 1. The van der Waals surface area contributed by atoms with Crippen molar-refractivity contribution < 1.29 is 9.53 Å². The number of pyridine rings is 2. The molecule has 0 saturated heterocycles. The summed E-state index contributed by atoms with van der Waals surface area (Å²) in [4.78, 5) is 20.0. The number of alkyl carbamates (subject to hydrolysis) is 1. The van der Waals surface area contributed by atoms with Gasteiger partial charge in [-0.2, -0.15) is 0 Å². The molecule has 0 unspecified atom stereocenters. The first-order valence-corrected chi connectivity index (χ1v) is 8.17. The topological polar surface area (TPSA) is 68.5 Å². The first-order chi connectivity index (χ1) is 11.3. The summed E-state index contributed by atoms with van der Waals surface area (Å²) in [6.45, 7) is 0.699. The van der Waals surface area contributed by atoms with E-state index in [0.29, 0.717) is 18.9 Å². The van der Waals surface area contributed by atoms with Gasteiger partial charge in [0.15, 0.2) is 0 Å². The lowest BCUT2D eigenvalue weighted by molar-refractivity contribution is 0.152. The van der Waals surface area contributed by atoms with Crippen LogP contribution < -0.4 is 5.32 Å². The molecule has 118 valence electrons. The minimum Gasteiger partial charge on any atom is -0.449 e. The molecule has 3 rings (SSSR count). The number of hydrogen-bond donors (Lipinski definition) is 1. The van der Waals surface area contributed by atoms with Crippen molar-refractivity contribution in [1.82, 2.24) is 19.7 Å². The maximum absolute atomic E-state index is 11.6. The number of thioether (sulfide) groups is 1. The van der Waals surface area contributed by atoms with E-state index in [0.717, 1.165) is 16.4 Å². The van der Waals surface area contributed by atoms with Crippen LogP contribution in [0.3, 0.4) is 0 Å². The van der Waals surface area contributed by atoms with Gasteiger partial charge in [-0.05, 0) is 24.3 Å². The molecule has 3 aromatic rings. The average molecular weight is 328 g/mol. The first kappa shape index (κ1) is 15.4. The molecule has 23 heavy (non-hydrogen) atoms. The van der Waals surface area contributed by atoms with Gasteiger partial charge >= 0.3 is 6.09 Å². The monoisotopic (exact) mass is 328 g/mol. The van der Waals surface area contributed by atoms with Crippen molar-refractivity contribution in [3.05, 3.63) is 60.7 Å². The highest BCUT2D eigenvalue weighted by Crippen LogP contribution is 2.18. The van der Waals surface area contributed by atoms with E-state index in [1.54, 1.807) is 24.2 Å². The molecule has 0 fully saturated rings. The Balaban J connectivity index is 1.39. The fourth-order valence-electron chi connectivity index (χ4n) is 2.04. The minimum absolute atomic E-state index is 0.337. The van der Waals surface area contributed by atoms with Gasteiger partial charge in [-0.25, -0.2) is 9.78 Å². The molecule has 3 heterocycles. The summed E-state index contributed by atoms with van der Waals surface area (Å²) in [5.41, 5.74) is 1.70. The van der Waals surface area contributed by atoms with Crippen LogP contribution in [0.1, 0.15) is 5.69 Å². The molecule has 0 aromatic carbocycles. The molecule has 0 bridgehead atoms. The van der Waals surface area contributed by atoms with E-state index in [9.17, 15) is 4.79 Å². The summed E-state index contributed by atoms with van der Waals surface area (Å²) in [5, 5.41) is 3.74. The molecule has 0 atom stereocenters. The number of nitrogens with one attached hydrogen (secondary N) is 1. The number of carbonyl (C=O) groups excluding carboxylic acids is 1. The molecule has 0 spiro atoms. The Bertz CT molecular complexity index is 776. The minimum atomic E-state index is -0.433. The van der Waals surface area contributed by atoms with E-state index in [2.05, 4.69) is 15.3 Å². The van der Waals surface area contributed by atoms with Crippen molar-refractivity contribution in [3.8, 4) is 0 Å². The first-order valence-electron chi connectivity index (χ1n) is 7.18. The highest BCUT2D eigenvalue weighted by molar-refractivity contribution is 7.99. The molecular formula is C16H16N4O2S. The van der Waals surface area contributed by atoms with Gasteiger partial charge in [0.2, 0.25) is 0 Å². The lowest BCUT2D eigenvalue weighted by Crippen LogP contribution is -2.25. The van der Waals surface area contributed by atoms with E-state index in [4.69, 9.17) is 4.74 Å². The Morgan fingerprint density at radius 3 is 3.00 bits per heavy atom. The van der Waals surface area contributed by atoms with Crippen LogP contribution in [-0.2, 0) is 11.3 Å². The van der Waals surface area contributed by atoms with Crippen LogP contribution in [-0.4, -0.2) is 32.8 Å². The van der Waals surface area contributed by atoms with Crippen LogP contribution in [0.15, 0.2) is 60.0 Å². The normalized spacial score (nSPS) is 10.6. The van der Waals surface area contributed by atoms with Crippen molar-refractivity contribution in [3.63, 3.8) is 0 Å². The second kappa shape index (κ2) is 7.64. The van der Waals surface area contributed by atoms with E-state index < -0.39 is 6.09 Å². The number of amides is 1. The third-order valence-electron chi connectivity index (χ3n) is 3.10. The van der Waals surface area contributed by atoms with E-state index in [1.807, 2.05) is 47.0 Å². The zero-order valence-corrected chi connectivity index (χ0v) is 13.2. The summed E-state index contributed by atoms with van der Waals surface area (Å²) in [7, 11) is 0. The molecule has 1 amide bonds. The van der Waals surface area contributed by atoms with Gasteiger partial charge in [-0.15, -0.1) is 11.8 Å². The van der Waals surface area contributed by atoms with Gasteiger partial charge in [0.05, 0.1) is 17.3 Å². The number of fused-ring (bicyclic) bond motifs is 1. The second-order valence-corrected chi connectivity index (χ2v) is 5.79. The van der Waals surface area contributed by atoms with E-state index in [1.165, 1.54) is 0 Å². The second-order valence-electron chi connectivity index (χ2n) is 4.68. The Morgan fingerprint density at radius 1 is 1.17 bits per heavy atom. The molecule has 0 radical (unpaired) electrons. The summed E-state index contributed by atoms with van der Waals surface area (Å²) in [5.74, 6) is 0.675. The fraction of sp³-hybridized carbons (Fsp3) is 0.188. The van der Waals surface area contributed by atoms with Crippen molar-refractivity contribution in [1.29, 1.82) is 0 Å². The predicted octanol–water partition coefficient (Wildman–Crippen LogP) is 2.75. The SMILES string of the molecule is O=C(NCc1ccccn1)OCCSc1cccc2nccn12. The van der Waals surface area contributed by atoms with Crippen LogP contribution in [0.4, 0.5) is 4.79 Å². The summed E-state index contributed by atoms with van der Waals surface area (Å²) < 4.78 is 7.16. The highest BCUT2D eigenvalue weighted by atomic mass is 32.2. The van der Waals surface area contributed by atoms with Crippen molar-refractivity contribution in [2.24, 2.45) is 0 Å². The summed E-state index contributed by atoms with van der Waals surface area (Å²) in [6, 6.07) is 11.5. The van der Waals surface area contributed by atoms with E-state index >= 15 is 0 Å². The molecule has 0 saturated carbocycles. The van der Waals surface area contributed by atoms with Crippen LogP contribution in [0, 0.1) is 0 Å². The van der Waals surface area contributed by atoms with Gasteiger partial charge in [-0.3, -0.25) is 9.38 Å². The van der Waals surface area contributed by atoms with Gasteiger partial charge in [-0.1, -0.05) is 12.1 Å². The Labute approximate surface area is 137 Å². The smallest absolute Gasteiger partial charge is 0.407 e. The summed E-state index contributed by atoms with van der Waals surface area (Å²) in [6.07, 6.45) is 4.94. The molecule has 0 aliphatic carbocycles. The molecule has 0 aliphatic rings. The standard InChI is InChI=1S/C16H16N4O2S/c21-16(19-12-13-4-1-2-7-17-13)22-10-11-23-15-6-3-5-14-18-8-9-20(14)15/h1-9H,10-12H2,(H,19,21). The van der Waals surface area contributed by atoms with Crippen LogP contribution in [0.25, 0.3) is 5.65 Å². The van der Waals surface area contributed by atoms with Crippen molar-refractivity contribution >= 4 is 23.5 Å². The third kappa shape index (κ3) is 4.23. The maximum atomic E-state index is 11.6. The van der Waals surface area contributed by atoms with Crippen molar-refractivity contribution in [2.45, 2.75) is 11.6 Å². The zero-order chi connectivity index (χ0) is 15.9. The number of ether oxygens (including phenoxy) is 1. The fourth-order valence-corrected chi connectivity index (χ4v) is 2.88. The Morgan fingerprint density at radius 2 is 2.13 bits per heavy atom. The third-order valence-corrected chi connectivity index (χ3v) is 4.10. The number of rotatable bonds is 6. The van der Waals surface area contributed by atoms with Gasteiger partial charge in [0.1, 0.15) is 12.3 Å². The number of hydrogen-bond acceptors (Lipinski definition) is 5. The molecule has 6 nitrogen and oxygen atoms in total. The number of nitrogens with zero attached hydrogens (tertiary/aromatic N) is 3. The molecule has 0 aliphatic heterocycles. The quantitative estimate of drug-likeness (QED) is 0.556. The van der Waals surface area contributed by atoms with Crippen LogP contribution in [0.2, 0.25) is 0 Å². The lowest BCUT2D eigenvalue weighted by atomic mass is 10.3. The number of carbonyl (C=O) groups is 1. The molecular weight excluding hydrogens is 312 g/mol. The molecule has 3 aromatic heterocycles. The van der Waals surface area contributed by atoms with Crippen LogP contribution >= 0.6 is 11.8 Å². The van der Waals surface area contributed by atoms with Gasteiger partial charge in [0, 0.05) is 24.3 Å². The maximum Gasteiger partial charge on any atom is 0.407 e. The number of aromatic nitrogens is 3. The van der Waals surface area contributed by atoms with Gasteiger partial charge < -0.3 is 10.1 Å². The molecule has 1 N–H and O–H groups in total. The Hall–Kier alpha value is -2.54. The largest absolute Gasteiger partial charge is 0.449 e. The highest BCUT2D eigenvalue weighted by Gasteiger charge is 2.04. The van der Waals surface area contributed by atoms with Crippen LogP contribution in [0.5, 0.6) is 0 Å². The predicted molar refractivity (Wildman–Crippen MR) is 88.3 cm³/mol. The van der Waals surface area contributed by atoms with E-state index in [-0.39, 0.29) is 0 Å². The average Bonchev–Trinajstić information content (AvgIpc) is 3.07. The van der Waals surface area contributed by atoms with Crippen molar-refractivity contribution in [2.75, 3.05) is 12.4 Å². The summed E-state index contributed by atoms with van der Waals surface area (Å²) >= 11 is 1.62. The zero-order valence-electron chi connectivity index (χ0n) is 12.4. The lowest BCUT2D eigenvalue weighted by Gasteiger charge is -2.07. The van der Waals surface area contributed by atoms with Gasteiger partial charge in [0.25, 0.3) is 0 Å².